The highest BCUT2D eigenvalue weighted by Crippen LogP contribution is 2.25. The molecule has 5 heteroatoms. The molecule has 4 nitrogen and oxygen atoms in total. The lowest BCUT2D eigenvalue weighted by molar-refractivity contribution is -0.148. The molecule has 0 spiro atoms. The summed E-state index contributed by atoms with van der Waals surface area (Å²) >= 11 is 1.58. The van der Waals surface area contributed by atoms with Crippen molar-refractivity contribution in [2.24, 2.45) is 0 Å². The first-order chi connectivity index (χ1) is 10.6. The quantitative estimate of drug-likeness (QED) is 0.824. The Bertz CT molecular complexity index is 625. The lowest BCUT2D eigenvalue weighted by Gasteiger charge is -2.30. The molecular formula is C17H19NO3S. The molecule has 0 saturated carbocycles. The van der Waals surface area contributed by atoms with Crippen molar-refractivity contribution in [3.05, 3.63) is 58.3 Å². The van der Waals surface area contributed by atoms with E-state index < -0.39 is 11.5 Å². The van der Waals surface area contributed by atoms with Gasteiger partial charge in [-0.05, 0) is 40.8 Å². The zero-order valence-corrected chi connectivity index (χ0v) is 13.2. The van der Waals surface area contributed by atoms with Crippen molar-refractivity contribution in [1.29, 1.82) is 0 Å². The number of nitrogens with one attached hydrogen (secondary N) is 1. The van der Waals surface area contributed by atoms with Gasteiger partial charge in [0.25, 0.3) is 0 Å². The Labute approximate surface area is 133 Å². The third-order valence-electron chi connectivity index (χ3n) is 3.74. The Morgan fingerprint density at radius 2 is 1.95 bits per heavy atom. The monoisotopic (exact) mass is 317 g/mol. The van der Waals surface area contributed by atoms with E-state index in [1.54, 1.807) is 42.5 Å². The van der Waals surface area contributed by atoms with Gasteiger partial charge in [-0.1, -0.05) is 37.3 Å². The molecule has 0 radical (unpaired) electrons. The van der Waals surface area contributed by atoms with Crippen LogP contribution in [0.4, 0.5) is 0 Å². The molecule has 0 bridgehead atoms. The predicted octanol–water partition coefficient (Wildman–Crippen LogP) is 3.19. The van der Waals surface area contributed by atoms with Crippen molar-refractivity contribution >= 4 is 23.2 Å². The van der Waals surface area contributed by atoms with E-state index >= 15 is 0 Å². The fourth-order valence-electron chi connectivity index (χ4n) is 2.41. The molecule has 22 heavy (non-hydrogen) atoms. The summed E-state index contributed by atoms with van der Waals surface area (Å²) in [6, 6.07) is 10.8. The van der Waals surface area contributed by atoms with E-state index in [1.807, 2.05) is 22.9 Å². The topological polar surface area (TPSA) is 66.4 Å². The van der Waals surface area contributed by atoms with Crippen LogP contribution in [0, 0.1) is 0 Å². The Morgan fingerprint density at radius 3 is 2.50 bits per heavy atom. The minimum absolute atomic E-state index is 0.251. The number of carbonyl (C=O) groups is 2. The molecule has 1 atom stereocenters. The lowest BCUT2D eigenvalue weighted by atomic mass is 9.87. The number of carboxylic acids is 1. The second kappa shape index (κ2) is 7.22. The molecule has 1 aromatic heterocycles. The Kier molecular flexibility index (Phi) is 5.33. The number of carboxylic acid groups (broad SMARTS) is 1. The van der Waals surface area contributed by atoms with Crippen LogP contribution in [-0.2, 0) is 21.5 Å². The molecule has 2 rings (SSSR count). The van der Waals surface area contributed by atoms with Gasteiger partial charge in [0.15, 0.2) is 5.54 Å². The molecular weight excluding hydrogens is 298 g/mol. The molecule has 2 aromatic rings. The number of benzene rings is 1. The van der Waals surface area contributed by atoms with Gasteiger partial charge in [0, 0.05) is 6.42 Å². The molecule has 0 fully saturated rings. The van der Waals surface area contributed by atoms with Crippen LogP contribution in [-0.4, -0.2) is 17.0 Å². The van der Waals surface area contributed by atoms with Gasteiger partial charge >= 0.3 is 5.97 Å². The molecule has 1 heterocycles. The Morgan fingerprint density at radius 1 is 1.23 bits per heavy atom. The molecule has 2 N–H and O–H groups in total. The van der Waals surface area contributed by atoms with Gasteiger partial charge in [-0.2, -0.15) is 11.3 Å². The molecule has 0 saturated heterocycles. The van der Waals surface area contributed by atoms with E-state index in [0.717, 1.165) is 5.56 Å². The molecule has 0 aliphatic heterocycles. The summed E-state index contributed by atoms with van der Waals surface area (Å²) in [6.45, 7) is 1.76. The van der Waals surface area contributed by atoms with Gasteiger partial charge in [0.2, 0.25) is 5.91 Å². The van der Waals surface area contributed by atoms with E-state index in [4.69, 9.17) is 0 Å². The Balaban J connectivity index is 2.13. The summed E-state index contributed by atoms with van der Waals surface area (Å²) in [7, 11) is 0. The molecule has 1 amide bonds. The van der Waals surface area contributed by atoms with Crippen molar-refractivity contribution < 1.29 is 14.7 Å². The maximum absolute atomic E-state index is 12.2. The number of rotatable bonds is 7. The highest BCUT2D eigenvalue weighted by molar-refractivity contribution is 7.07. The highest BCUT2D eigenvalue weighted by atomic mass is 32.1. The number of thiophene rings is 1. The van der Waals surface area contributed by atoms with Gasteiger partial charge in [-0.25, -0.2) is 4.79 Å². The maximum Gasteiger partial charge on any atom is 0.334 e. The summed E-state index contributed by atoms with van der Waals surface area (Å²) in [4.78, 5) is 24.0. The van der Waals surface area contributed by atoms with Crippen molar-refractivity contribution in [2.45, 2.75) is 31.7 Å². The second-order valence-electron chi connectivity index (χ2n) is 5.11. The Hall–Kier alpha value is -2.14. The van der Waals surface area contributed by atoms with Crippen LogP contribution < -0.4 is 5.32 Å². The SMILES string of the molecule is CCC(NC(=O)CCc1ccsc1)(C(=O)O)c1ccccc1. The standard InChI is InChI=1S/C17H19NO3S/c1-2-17(16(20)21,14-6-4-3-5-7-14)18-15(19)9-8-13-10-11-22-12-13/h3-7,10-12H,2,8-9H2,1H3,(H,18,19)(H,20,21). The van der Waals surface area contributed by atoms with Gasteiger partial charge < -0.3 is 10.4 Å². The summed E-state index contributed by atoms with van der Waals surface area (Å²) in [5, 5.41) is 16.3. The van der Waals surface area contributed by atoms with E-state index in [9.17, 15) is 14.7 Å². The van der Waals surface area contributed by atoms with Crippen molar-refractivity contribution in [1.82, 2.24) is 5.32 Å². The van der Waals surface area contributed by atoms with Crippen LogP contribution in [0.1, 0.15) is 30.9 Å². The summed E-state index contributed by atoms with van der Waals surface area (Å²) in [5.74, 6) is -1.29. The van der Waals surface area contributed by atoms with E-state index in [1.165, 1.54) is 0 Å². The number of aryl methyl sites for hydroxylation is 1. The van der Waals surface area contributed by atoms with Crippen LogP contribution in [0.15, 0.2) is 47.2 Å². The number of hydrogen-bond donors (Lipinski definition) is 2. The molecule has 1 unspecified atom stereocenters. The summed E-state index contributed by atoms with van der Waals surface area (Å²) in [6.07, 6.45) is 1.18. The van der Waals surface area contributed by atoms with Gasteiger partial charge in [0.1, 0.15) is 0 Å². The first-order valence-electron chi connectivity index (χ1n) is 7.19. The molecule has 0 aliphatic carbocycles. The fourth-order valence-corrected chi connectivity index (χ4v) is 3.11. The van der Waals surface area contributed by atoms with Crippen molar-refractivity contribution in [3.63, 3.8) is 0 Å². The van der Waals surface area contributed by atoms with Crippen molar-refractivity contribution in [3.8, 4) is 0 Å². The average molecular weight is 317 g/mol. The molecule has 116 valence electrons. The van der Waals surface area contributed by atoms with Crippen molar-refractivity contribution in [2.75, 3.05) is 0 Å². The lowest BCUT2D eigenvalue weighted by Crippen LogP contribution is -2.51. The largest absolute Gasteiger partial charge is 0.479 e. The maximum atomic E-state index is 12.2. The first-order valence-corrected chi connectivity index (χ1v) is 8.14. The van der Waals surface area contributed by atoms with Crippen LogP contribution in [0.2, 0.25) is 0 Å². The zero-order chi connectivity index (χ0) is 16.0. The number of amides is 1. The molecule has 0 aliphatic rings. The van der Waals surface area contributed by atoms with Crippen LogP contribution >= 0.6 is 11.3 Å². The third kappa shape index (κ3) is 3.54. The van der Waals surface area contributed by atoms with E-state index in [2.05, 4.69) is 5.32 Å². The minimum Gasteiger partial charge on any atom is -0.479 e. The number of aliphatic carboxylic acids is 1. The fraction of sp³-hybridized carbons (Fsp3) is 0.294. The van der Waals surface area contributed by atoms with Gasteiger partial charge in [-0.3, -0.25) is 4.79 Å². The summed E-state index contributed by atoms with van der Waals surface area (Å²) in [5.41, 5.74) is 0.318. The average Bonchev–Trinajstić information content (AvgIpc) is 3.04. The van der Waals surface area contributed by atoms with Gasteiger partial charge in [-0.15, -0.1) is 0 Å². The third-order valence-corrected chi connectivity index (χ3v) is 4.47. The van der Waals surface area contributed by atoms with E-state index in [-0.39, 0.29) is 18.7 Å². The highest BCUT2D eigenvalue weighted by Gasteiger charge is 2.39. The van der Waals surface area contributed by atoms with E-state index in [0.29, 0.717) is 12.0 Å². The predicted molar refractivity (Wildman–Crippen MR) is 86.8 cm³/mol. The number of hydrogen-bond acceptors (Lipinski definition) is 3. The zero-order valence-electron chi connectivity index (χ0n) is 12.4. The second-order valence-corrected chi connectivity index (χ2v) is 5.89. The summed E-state index contributed by atoms with van der Waals surface area (Å²) < 4.78 is 0. The smallest absolute Gasteiger partial charge is 0.334 e. The molecule has 1 aromatic carbocycles. The van der Waals surface area contributed by atoms with Crippen LogP contribution in [0.3, 0.4) is 0 Å². The van der Waals surface area contributed by atoms with Crippen LogP contribution in [0.25, 0.3) is 0 Å². The van der Waals surface area contributed by atoms with Gasteiger partial charge in [0.05, 0.1) is 0 Å². The first kappa shape index (κ1) is 16.2. The van der Waals surface area contributed by atoms with Crippen LogP contribution in [0.5, 0.6) is 0 Å². The normalized spacial score (nSPS) is 13.3. The number of carbonyl (C=O) groups excluding carboxylic acids is 1. The minimum atomic E-state index is -1.37.